The van der Waals surface area contributed by atoms with Gasteiger partial charge in [-0.25, -0.2) is 0 Å². The Morgan fingerprint density at radius 1 is 1.58 bits per heavy atom. The summed E-state index contributed by atoms with van der Waals surface area (Å²) in [6.45, 7) is 1.79. The number of hydrogen-bond acceptors (Lipinski definition) is 4. The molecule has 0 amide bonds. The molecule has 4 atom stereocenters. The second-order valence-electron chi connectivity index (χ2n) is 2.90. The predicted octanol–water partition coefficient (Wildman–Crippen LogP) is -0.122. The van der Waals surface area contributed by atoms with Gasteiger partial charge >= 0.3 is 0 Å². The lowest BCUT2D eigenvalue weighted by atomic mass is 10.0. The molecule has 1 fully saturated rings. The van der Waals surface area contributed by atoms with Gasteiger partial charge in [-0.05, 0) is 6.92 Å². The lowest BCUT2D eigenvalue weighted by Gasteiger charge is -2.35. The SMILES string of the molecule is COC1C[C@H](N)[C@@H](O)[C@H](C)O1.Cl. The molecule has 1 rings (SSSR count). The first-order chi connectivity index (χ1) is 5.15. The van der Waals surface area contributed by atoms with Crippen LogP contribution in [0.2, 0.25) is 0 Å². The minimum atomic E-state index is -0.568. The summed E-state index contributed by atoms with van der Waals surface area (Å²) in [4.78, 5) is 0. The number of methoxy groups -OCH3 is 1. The summed E-state index contributed by atoms with van der Waals surface area (Å²) in [6, 6.07) is -0.233. The zero-order chi connectivity index (χ0) is 8.43. The minimum absolute atomic E-state index is 0. The molecule has 12 heavy (non-hydrogen) atoms. The molecule has 1 aliphatic rings. The lowest BCUT2D eigenvalue weighted by Crippen LogP contribution is -2.51. The Labute approximate surface area is 78.4 Å². The number of ether oxygens (including phenoxy) is 2. The zero-order valence-electron chi connectivity index (χ0n) is 7.27. The van der Waals surface area contributed by atoms with Crippen molar-refractivity contribution in [2.75, 3.05) is 7.11 Å². The molecule has 74 valence electrons. The number of nitrogens with two attached hydrogens (primary N) is 1. The molecular formula is C7H16ClNO3. The third-order valence-corrected chi connectivity index (χ3v) is 2.01. The van der Waals surface area contributed by atoms with E-state index in [1.54, 1.807) is 14.0 Å². The summed E-state index contributed by atoms with van der Waals surface area (Å²) in [6.07, 6.45) is -0.504. The molecule has 0 aliphatic carbocycles. The summed E-state index contributed by atoms with van der Waals surface area (Å²) in [7, 11) is 1.57. The number of hydrogen-bond donors (Lipinski definition) is 2. The van der Waals surface area contributed by atoms with Gasteiger partial charge in [-0.3, -0.25) is 0 Å². The third-order valence-electron chi connectivity index (χ3n) is 2.01. The maximum absolute atomic E-state index is 9.35. The molecular weight excluding hydrogens is 182 g/mol. The van der Waals surface area contributed by atoms with Crippen molar-refractivity contribution in [1.29, 1.82) is 0 Å². The van der Waals surface area contributed by atoms with Crippen molar-refractivity contribution in [3.8, 4) is 0 Å². The van der Waals surface area contributed by atoms with Crippen LogP contribution in [0.5, 0.6) is 0 Å². The van der Waals surface area contributed by atoms with Gasteiger partial charge in [-0.15, -0.1) is 12.4 Å². The van der Waals surface area contributed by atoms with E-state index in [-0.39, 0.29) is 30.8 Å². The van der Waals surface area contributed by atoms with Crippen LogP contribution in [0.3, 0.4) is 0 Å². The molecule has 0 radical (unpaired) electrons. The fraction of sp³-hybridized carbons (Fsp3) is 1.00. The van der Waals surface area contributed by atoms with Crippen LogP contribution in [-0.4, -0.2) is 36.8 Å². The van der Waals surface area contributed by atoms with Crippen LogP contribution in [0.25, 0.3) is 0 Å². The predicted molar refractivity (Wildman–Crippen MR) is 47.2 cm³/mol. The van der Waals surface area contributed by atoms with Crippen LogP contribution >= 0.6 is 12.4 Å². The Morgan fingerprint density at radius 3 is 2.58 bits per heavy atom. The van der Waals surface area contributed by atoms with Crippen molar-refractivity contribution in [2.45, 2.75) is 37.9 Å². The van der Waals surface area contributed by atoms with Gasteiger partial charge in [0.1, 0.15) is 0 Å². The van der Waals surface area contributed by atoms with Crippen molar-refractivity contribution in [1.82, 2.24) is 0 Å². The van der Waals surface area contributed by atoms with Gasteiger partial charge in [0.05, 0.1) is 12.2 Å². The Kier molecular flexibility index (Phi) is 5.04. The molecule has 0 spiro atoms. The van der Waals surface area contributed by atoms with E-state index in [0.717, 1.165) is 0 Å². The van der Waals surface area contributed by atoms with E-state index in [1.165, 1.54) is 0 Å². The molecule has 1 saturated heterocycles. The van der Waals surface area contributed by atoms with Crippen LogP contribution in [0.4, 0.5) is 0 Å². The highest BCUT2D eigenvalue weighted by molar-refractivity contribution is 5.85. The summed E-state index contributed by atoms with van der Waals surface area (Å²) < 4.78 is 10.2. The summed E-state index contributed by atoms with van der Waals surface area (Å²) in [5, 5.41) is 9.35. The average Bonchev–Trinajstić information content (AvgIpc) is 1.99. The van der Waals surface area contributed by atoms with Crippen molar-refractivity contribution in [2.24, 2.45) is 5.73 Å². The van der Waals surface area contributed by atoms with Gasteiger partial charge in [0, 0.05) is 19.6 Å². The molecule has 0 bridgehead atoms. The van der Waals surface area contributed by atoms with Gasteiger partial charge in [-0.2, -0.15) is 0 Å². The average molecular weight is 198 g/mol. The van der Waals surface area contributed by atoms with Gasteiger partial charge in [0.25, 0.3) is 0 Å². The first kappa shape index (κ1) is 12.1. The number of aliphatic hydroxyl groups is 1. The van der Waals surface area contributed by atoms with E-state index in [4.69, 9.17) is 15.2 Å². The fourth-order valence-electron chi connectivity index (χ4n) is 1.24. The summed E-state index contributed by atoms with van der Waals surface area (Å²) >= 11 is 0. The van der Waals surface area contributed by atoms with Crippen molar-refractivity contribution < 1.29 is 14.6 Å². The second-order valence-corrected chi connectivity index (χ2v) is 2.90. The van der Waals surface area contributed by atoms with Crippen LogP contribution in [0.15, 0.2) is 0 Å². The third kappa shape index (κ3) is 2.57. The van der Waals surface area contributed by atoms with E-state index in [1.807, 2.05) is 0 Å². The van der Waals surface area contributed by atoms with E-state index in [2.05, 4.69) is 0 Å². The van der Waals surface area contributed by atoms with Gasteiger partial charge < -0.3 is 20.3 Å². The summed E-state index contributed by atoms with van der Waals surface area (Å²) in [5.74, 6) is 0. The van der Waals surface area contributed by atoms with Crippen LogP contribution in [0, 0.1) is 0 Å². The molecule has 4 nitrogen and oxygen atoms in total. The topological polar surface area (TPSA) is 64.7 Å². The van der Waals surface area contributed by atoms with E-state index in [0.29, 0.717) is 6.42 Å². The number of halogens is 1. The van der Waals surface area contributed by atoms with Gasteiger partial charge in [0.15, 0.2) is 6.29 Å². The highest BCUT2D eigenvalue weighted by Gasteiger charge is 2.32. The standard InChI is InChI=1S/C7H15NO3.ClH/c1-4-7(9)5(8)3-6(10-2)11-4;/h4-7,9H,3,8H2,1-2H3;1H/t4-,5-,6?,7-;/m0./s1. The van der Waals surface area contributed by atoms with Crippen molar-refractivity contribution in [3.63, 3.8) is 0 Å². The lowest BCUT2D eigenvalue weighted by molar-refractivity contribution is -0.211. The highest BCUT2D eigenvalue weighted by Crippen LogP contribution is 2.18. The van der Waals surface area contributed by atoms with Gasteiger partial charge in [0.2, 0.25) is 0 Å². The molecule has 0 aromatic rings. The monoisotopic (exact) mass is 197 g/mol. The Balaban J connectivity index is 0.00000121. The normalized spacial score (nSPS) is 42.0. The van der Waals surface area contributed by atoms with Crippen LogP contribution in [-0.2, 0) is 9.47 Å². The first-order valence-electron chi connectivity index (χ1n) is 3.77. The van der Waals surface area contributed by atoms with Crippen molar-refractivity contribution >= 4 is 12.4 Å². The van der Waals surface area contributed by atoms with Crippen LogP contribution < -0.4 is 5.73 Å². The quantitative estimate of drug-likeness (QED) is 0.615. The molecule has 0 aromatic heterocycles. The number of rotatable bonds is 1. The molecule has 1 heterocycles. The van der Waals surface area contributed by atoms with E-state index in [9.17, 15) is 5.11 Å². The first-order valence-corrected chi connectivity index (χ1v) is 3.77. The Morgan fingerprint density at radius 2 is 2.17 bits per heavy atom. The molecule has 5 heteroatoms. The molecule has 0 saturated carbocycles. The van der Waals surface area contributed by atoms with E-state index < -0.39 is 6.10 Å². The summed E-state index contributed by atoms with van der Waals surface area (Å²) in [5.41, 5.74) is 5.62. The maximum Gasteiger partial charge on any atom is 0.159 e. The smallest absolute Gasteiger partial charge is 0.159 e. The molecule has 3 N–H and O–H groups in total. The maximum atomic E-state index is 9.35. The molecule has 1 unspecified atom stereocenters. The second kappa shape index (κ2) is 4.99. The molecule has 1 aliphatic heterocycles. The van der Waals surface area contributed by atoms with Gasteiger partial charge in [-0.1, -0.05) is 0 Å². The van der Waals surface area contributed by atoms with Crippen molar-refractivity contribution in [3.05, 3.63) is 0 Å². The minimum Gasteiger partial charge on any atom is -0.389 e. The Hall–Kier alpha value is 0.130. The largest absolute Gasteiger partial charge is 0.389 e. The number of aliphatic hydroxyl groups excluding tert-OH is 1. The fourth-order valence-corrected chi connectivity index (χ4v) is 1.24. The zero-order valence-corrected chi connectivity index (χ0v) is 8.08. The van der Waals surface area contributed by atoms with Crippen LogP contribution in [0.1, 0.15) is 13.3 Å². The van der Waals surface area contributed by atoms with E-state index >= 15 is 0 Å². The molecule has 0 aromatic carbocycles. The Bertz CT molecular complexity index is 124. The highest BCUT2D eigenvalue weighted by atomic mass is 35.5.